The molecule has 0 bridgehead atoms. The molecule has 5 amide bonds. The van der Waals surface area contributed by atoms with Crippen molar-refractivity contribution in [2.75, 3.05) is 16.8 Å². The maximum atomic E-state index is 13.4. The second-order valence-corrected chi connectivity index (χ2v) is 9.92. The first-order chi connectivity index (χ1) is 20.8. The van der Waals surface area contributed by atoms with Crippen LogP contribution in [-0.2, 0) is 21.0 Å². The van der Waals surface area contributed by atoms with E-state index >= 15 is 0 Å². The molecule has 1 saturated heterocycles. The Morgan fingerprint density at radius 3 is 2.33 bits per heavy atom. The van der Waals surface area contributed by atoms with Gasteiger partial charge in [0, 0.05) is 11.3 Å². The molecule has 0 atom stereocenters. The highest BCUT2D eigenvalue weighted by Gasteiger charge is 2.37. The van der Waals surface area contributed by atoms with E-state index in [0.717, 1.165) is 21.6 Å². The lowest BCUT2D eigenvalue weighted by molar-refractivity contribution is -0.122. The van der Waals surface area contributed by atoms with Crippen LogP contribution in [0.5, 0.6) is 11.5 Å². The zero-order valence-corrected chi connectivity index (χ0v) is 23.6. The number of nitrogens with zero attached hydrogens (tertiary/aromatic N) is 1. The third-order valence-electron chi connectivity index (χ3n) is 6.68. The number of carbonyl (C=O) groups excluding carboxylic acids is 4. The van der Waals surface area contributed by atoms with Crippen LogP contribution in [0, 0.1) is 13.8 Å². The fraction of sp³-hybridized carbons (Fsp3) is 0.118. The summed E-state index contributed by atoms with van der Waals surface area (Å²) in [6, 6.07) is 27.6. The Kier molecular flexibility index (Phi) is 8.62. The minimum absolute atomic E-state index is 0.264. The van der Waals surface area contributed by atoms with E-state index in [-0.39, 0.29) is 29.5 Å². The number of hydrogen-bond donors (Lipinski definition) is 2. The van der Waals surface area contributed by atoms with Gasteiger partial charge in [0.2, 0.25) is 0 Å². The topological polar surface area (TPSA) is 114 Å². The molecule has 2 N–H and O–H groups in total. The van der Waals surface area contributed by atoms with E-state index in [1.165, 1.54) is 6.08 Å². The number of carbonyl (C=O) groups is 4. The van der Waals surface area contributed by atoms with Crippen LogP contribution in [-0.4, -0.2) is 30.4 Å². The van der Waals surface area contributed by atoms with Crippen LogP contribution in [0.2, 0.25) is 0 Å². The number of amides is 5. The van der Waals surface area contributed by atoms with Crippen molar-refractivity contribution in [3.63, 3.8) is 0 Å². The summed E-state index contributed by atoms with van der Waals surface area (Å²) in [5.74, 6) is -1.16. The van der Waals surface area contributed by atoms with Gasteiger partial charge in [0.15, 0.2) is 6.61 Å². The molecule has 0 spiro atoms. The van der Waals surface area contributed by atoms with Gasteiger partial charge >= 0.3 is 6.03 Å². The lowest BCUT2D eigenvalue weighted by Gasteiger charge is -2.26. The van der Waals surface area contributed by atoms with Gasteiger partial charge in [-0.05, 0) is 67.4 Å². The van der Waals surface area contributed by atoms with Crippen molar-refractivity contribution in [3.05, 3.63) is 125 Å². The van der Waals surface area contributed by atoms with Crippen LogP contribution in [0.4, 0.5) is 16.2 Å². The quantitative estimate of drug-likeness (QED) is 0.199. The number of hydrogen-bond acceptors (Lipinski definition) is 6. The number of barbiturate groups is 1. The van der Waals surface area contributed by atoms with Gasteiger partial charge in [-0.3, -0.25) is 19.7 Å². The molecule has 1 aliphatic heterocycles. The highest BCUT2D eigenvalue weighted by atomic mass is 16.5. The van der Waals surface area contributed by atoms with E-state index in [9.17, 15) is 19.2 Å². The van der Waals surface area contributed by atoms with Gasteiger partial charge in [0.05, 0.1) is 5.69 Å². The fourth-order valence-electron chi connectivity index (χ4n) is 4.49. The average molecular weight is 576 g/mol. The Labute approximate surface area is 248 Å². The number of urea groups is 1. The molecule has 0 unspecified atom stereocenters. The Bertz CT molecular complexity index is 1710. The van der Waals surface area contributed by atoms with Gasteiger partial charge in [-0.25, -0.2) is 9.69 Å². The Morgan fingerprint density at radius 1 is 0.860 bits per heavy atom. The Balaban J connectivity index is 1.29. The maximum Gasteiger partial charge on any atom is 0.335 e. The van der Waals surface area contributed by atoms with Gasteiger partial charge in [0.1, 0.15) is 23.7 Å². The molecule has 0 radical (unpaired) electrons. The largest absolute Gasteiger partial charge is 0.489 e. The van der Waals surface area contributed by atoms with Gasteiger partial charge in [-0.2, -0.15) is 0 Å². The number of para-hydroxylation sites is 1. The minimum atomic E-state index is -0.863. The molecule has 0 aliphatic carbocycles. The van der Waals surface area contributed by atoms with Crippen LogP contribution in [0.25, 0.3) is 6.08 Å². The van der Waals surface area contributed by atoms with Crippen LogP contribution < -0.4 is 25.0 Å². The summed E-state index contributed by atoms with van der Waals surface area (Å²) in [5, 5.41) is 5.04. The predicted molar refractivity (Wildman–Crippen MR) is 163 cm³/mol. The van der Waals surface area contributed by atoms with E-state index in [0.29, 0.717) is 23.6 Å². The first-order valence-electron chi connectivity index (χ1n) is 13.6. The molecule has 43 heavy (non-hydrogen) atoms. The van der Waals surface area contributed by atoms with Crippen LogP contribution in [0.15, 0.2) is 103 Å². The third-order valence-corrected chi connectivity index (χ3v) is 6.68. The number of ether oxygens (including phenoxy) is 2. The Morgan fingerprint density at radius 2 is 1.58 bits per heavy atom. The van der Waals surface area contributed by atoms with E-state index in [2.05, 4.69) is 10.6 Å². The first kappa shape index (κ1) is 28.8. The van der Waals surface area contributed by atoms with Gasteiger partial charge < -0.3 is 14.8 Å². The summed E-state index contributed by atoms with van der Waals surface area (Å²) in [7, 11) is 0. The van der Waals surface area contributed by atoms with Crippen molar-refractivity contribution in [2.24, 2.45) is 0 Å². The zero-order chi connectivity index (χ0) is 30.3. The van der Waals surface area contributed by atoms with E-state index in [4.69, 9.17) is 9.47 Å². The monoisotopic (exact) mass is 575 g/mol. The molecule has 9 nitrogen and oxygen atoms in total. The van der Waals surface area contributed by atoms with Crippen molar-refractivity contribution in [1.29, 1.82) is 0 Å². The molecule has 216 valence electrons. The average Bonchev–Trinajstić information content (AvgIpc) is 3.00. The summed E-state index contributed by atoms with van der Waals surface area (Å²) in [4.78, 5) is 52.3. The van der Waals surface area contributed by atoms with Crippen LogP contribution in [0.1, 0.15) is 22.3 Å². The SMILES string of the molecule is Cc1ccc(NC(=O)COc2ccccc2/C=C2/C(=O)NC(=O)N(c3ccc(OCc4ccccc4)cc3)C2=O)c(C)c1. The van der Waals surface area contributed by atoms with Crippen molar-refractivity contribution in [1.82, 2.24) is 5.32 Å². The minimum Gasteiger partial charge on any atom is -0.489 e. The van der Waals surface area contributed by atoms with E-state index in [1.807, 2.05) is 62.4 Å². The lowest BCUT2D eigenvalue weighted by atomic mass is 10.1. The molecule has 0 saturated carbocycles. The summed E-state index contributed by atoms with van der Waals surface area (Å²) < 4.78 is 11.5. The molecule has 4 aromatic carbocycles. The summed E-state index contributed by atoms with van der Waals surface area (Å²) in [6.45, 7) is 3.94. The normalized spacial score (nSPS) is 14.0. The molecule has 0 aromatic heterocycles. The smallest absolute Gasteiger partial charge is 0.335 e. The second kappa shape index (κ2) is 12.9. The van der Waals surface area contributed by atoms with Crippen molar-refractivity contribution in [2.45, 2.75) is 20.5 Å². The first-order valence-corrected chi connectivity index (χ1v) is 13.6. The fourth-order valence-corrected chi connectivity index (χ4v) is 4.49. The van der Waals surface area contributed by atoms with Gasteiger partial charge in [-0.15, -0.1) is 0 Å². The molecule has 1 aliphatic rings. The number of imide groups is 2. The van der Waals surface area contributed by atoms with E-state index < -0.39 is 17.8 Å². The third kappa shape index (κ3) is 6.97. The summed E-state index contributed by atoms with van der Waals surface area (Å²) >= 11 is 0. The van der Waals surface area contributed by atoms with Crippen molar-refractivity contribution in [3.8, 4) is 11.5 Å². The van der Waals surface area contributed by atoms with Crippen molar-refractivity contribution < 1.29 is 28.7 Å². The van der Waals surface area contributed by atoms with E-state index in [1.54, 1.807) is 48.5 Å². The number of benzene rings is 4. The van der Waals surface area contributed by atoms with Crippen LogP contribution >= 0.6 is 0 Å². The Hall–Kier alpha value is -5.70. The summed E-state index contributed by atoms with van der Waals surface area (Å²) in [5.41, 5.74) is 4.07. The maximum absolute atomic E-state index is 13.4. The molecule has 5 rings (SSSR count). The molecule has 1 fully saturated rings. The predicted octanol–water partition coefficient (Wildman–Crippen LogP) is 5.57. The summed E-state index contributed by atoms with van der Waals surface area (Å²) in [6.07, 6.45) is 1.34. The number of nitrogens with one attached hydrogen (secondary N) is 2. The lowest BCUT2D eigenvalue weighted by Crippen LogP contribution is -2.54. The van der Waals surface area contributed by atoms with Gasteiger partial charge in [-0.1, -0.05) is 66.2 Å². The number of aryl methyl sites for hydroxylation is 2. The standard InChI is InChI=1S/C34H29N3O6/c1-22-12-17-29(23(2)18-22)35-31(38)21-43-30-11-7-6-10-25(30)19-28-32(39)36-34(41)37(33(28)40)26-13-15-27(16-14-26)42-20-24-8-4-3-5-9-24/h3-19H,20-21H2,1-2H3,(H,35,38)(H,36,39,41)/b28-19-. The van der Waals surface area contributed by atoms with Crippen LogP contribution in [0.3, 0.4) is 0 Å². The van der Waals surface area contributed by atoms with Gasteiger partial charge in [0.25, 0.3) is 17.7 Å². The highest BCUT2D eigenvalue weighted by molar-refractivity contribution is 6.39. The molecule has 4 aromatic rings. The van der Waals surface area contributed by atoms with Crippen molar-refractivity contribution >= 4 is 41.2 Å². The molecular formula is C34H29N3O6. The molecule has 1 heterocycles. The zero-order valence-electron chi connectivity index (χ0n) is 23.6. The molecule has 9 heteroatoms. The second-order valence-electron chi connectivity index (χ2n) is 9.92. The number of anilines is 2. The highest BCUT2D eigenvalue weighted by Crippen LogP contribution is 2.27. The number of rotatable bonds is 9. The molecular weight excluding hydrogens is 546 g/mol.